The zero-order chi connectivity index (χ0) is 22.4. The largest absolute Gasteiger partial charge is 0.494 e. The number of nitrogens with one attached hydrogen (secondary N) is 2. The third-order valence-electron chi connectivity index (χ3n) is 4.66. The Labute approximate surface area is 184 Å². The van der Waals surface area contributed by atoms with Crippen LogP contribution < -0.4 is 10.1 Å². The second-order valence-electron chi connectivity index (χ2n) is 6.87. The average Bonchev–Trinajstić information content (AvgIpc) is 2.74. The van der Waals surface area contributed by atoms with Gasteiger partial charge in [-0.3, -0.25) is 0 Å². The summed E-state index contributed by atoms with van der Waals surface area (Å²) in [7, 11) is 0. The summed E-state index contributed by atoms with van der Waals surface area (Å²) >= 11 is 1.64. The predicted octanol–water partition coefficient (Wildman–Crippen LogP) is 7.45. The second kappa shape index (κ2) is 9.92. The molecule has 0 radical (unpaired) electrons. The molecule has 0 spiro atoms. The van der Waals surface area contributed by atoms with Crippen molar-refractivity contribution in [3.63, 3.8) is 0 Å². The number of halogens is 3. The Kier molecular flexibility index (Phi) is 7.28. The minimum Gasteiger partial charge on any atom is -0.494 e. The Balaban J connectivity index is 1.80. The number of aryl methyl sites for hydroxylation is 1. The zero-order valence-corrected chi connectivity index (χ0v) is 18.0. The average molecular weight is 445 g/mol. The first-order chi connectivity index (χ1) is 14.8. The van der Waals surface area contributed by atoms with Crippen molar-refractivity contribution in [1.29, 1.82) is 5.41 Å². The molecule has 31 heavy (non-hydrogen) atoms. The van der Waals surface area contributed by atoms with Crippen molar-refractivity contribution in [3.8, 4) is 5.75 Å². The molecule has 0 aliphatic rings. The molecule has 0 aliphatic heterocycles. The van der Waals surface area contributed by atoms with Crippen LogP contribution in [0, 0.1) is 12.3 Å². The summed E-state index contributed by atoms with van der Waals surface area (Å²) in [6, 6.07) is 16.5. The summed E-state index contributed by atoms with van der Waals surface area (Å²) < 4.78 is 44.1. The first-order valence-electron chi connectivity index (χ1n) is 9.74. The Hall–Kier alpha value is -2.93. The van der Waals surface area contributed by atoms with Crippen molar-refractivity contribution in [1.82, 2.24) is 0 Å². The molecule has 3 nitrogen and oxygen atoms in total. The van der Waals surface area contributed by atoms with E-state index in [0.717, 1.165) is 33.9 Å². The number of thioether (sulfide) groups is 1. The van der Waals surface area contributed by atoms with Gasteiger partial charge >= 0.3 is 6.18 Å². The lowest BCUT2D eigenvalue weighted by atomic mass is 10.1. The number of alkyl halides is 3. The number of hydrogen-bond acceptors (Lipinski definition) is 4. The maximum atomic E-state index is 12.8. The third-order valence-corrected chi connectivity index (χ3v) is 5.70. The number of anilines is 2. The summed E-state index contributed by atoms with van der Waals surface area (Å²) in [6.07, 6.45) is -3.13. The molecule has 0 fully saturated rings. The molecule has 0 aliphatic carbocycles. The van der Waals surface area contributed by atoms with Crippen LogP contribution in [0.2, 0.25) is 0 Å². The highest BCUT2D eigenvalue weighted by atomic mass is 32.2. The van der Waals surface area contributed by atoms with E-state index < -0.39 is 11.7 Å². The van der Waals surface area contributed by atoms with Gasteiger partial charge in [0.25, 0.3) is 0 Å². The van der Waals surface area contributed by atoms with Gasteiger partial charge < -0.3 is 15.5 Å². The summed E-state index contributed by atoms with van der Waals surface area (Å²) in [5.74, 6) is 1.50. The van der Waals surface area contributed by atoms with Crippen LogP contribution in [-0.2, 0) is 11.9 Å². The molecule has 0 saturated heterocycles. The molecule has 0 saturated carbocycles. The quantitative estimate of drug-likeness (QED) is 0.280. The van der Waals surface area contributed by atoms with Crippen LogP contribution in [0.1, 0.15) is 29.2 Å². The van der Waals surface area contributed by atoms with Crippen molar-refractivity contribution < 1.29 is 17.9 Å². The van der Waals surface area contributed by atoms with E-state index in [2.05, 4.69) is 11.4 Å². The first kappa shape index (κ1) is 22.7. The van der Waals surface area contributed by atoms with Crippen molar-refractivity contribution in [2.75, 3.05) is 11.9 Å². The van der Waals surface area contributed by atoms with Gasteiger partial charge in [0, 0.05) is 28.1 Å². The molecule has 162 valence electrons. The Morgan fingerprint density at radius 1 is 1.06 bits per heavy atom. The minimum atomic E-state index is -4.37. The fourth-order valence-corrected chi connectivity index (χ4v) is 4.08. The van der Waals surface area contributed by atoms with Gasteiger partial charge in [-0.1, -0.05) is 18.2 Å². The standard InChI is InChI=1S/C24H23F3N2OS/c1-3-30-22-12-11-21(13-16(22)2)31-15-18-6-4-5-17(14-28)23(18)29-20-9-7-19(8-10-20)24(25,26)27/h4-14,28-29H,3,15H2,1-2H3. The molecule has 0 bridgehead atoms. The van der Waals surface area contributed by atoms with Crippen LogP contribution >= 0.6 is 11.8 Å². The van der Waals surface area contributed by atoms with E-state index in [9.17, 15) is 13.2 Å². The lowest BCUT2D eigenvalue weighted by molar-refractivity contribution is -0.137. The lowest BCUT2D eigenvalue weighted by Crippen LogP contribution is -2.05. The lowest BCUT2D eigenvalue weighted by Gasteiger charge is -2.16. The van der Waals surface area contributed by atoms with Crippen LogP contribution in [0.5, 0.6) is 5.75 Å². The number of rotatable bonds is 8. The fourth-order valence-electron chi connectivity index (χ4n) is 3.09. The molecule has 0 amide bonds. The highest BCUT2D eigenvalue weighted by Gasteiger charge is 2.30. The van der Waals surface area contributed by atoms with Gasteiger partial charge in [0.2, 0.25) is 0 Å². The number of para-hydroxylation sites is 1. The van der Waals surface area contributed by atoms with E-state index in [1.165, 1.54) is 18.3 Å². The van der Waals surface area contributed by atoms with E-state index >= 15 is 0 Å². The number of hydrogen-bond donors (Lipinski definition) is 2. The molecule has 0 heterocycles. The smallest absolute Gasteiger partial charge is 0.416 e. The maximum Gasteiger partial charge on any atom is 0.416 e. The third kappa shape index (κ3) is 5.82. The van der Waals surface area contributed by atoms with Crippen molar-refractivity contribution >= 4 is 29.4 Å². The van der Waals surface area contributed by atoms with Gasteiger partial charge in [-0.15, -0.1) is 11.8 Å². The van der Waals surface area contributed by atoms with Gasteiger partial charge in [-0.25, -0.2) is 0 Å². The van der Waals surface area contributed by atoms with E-state index in [1.54, 1.807) is 17.8 Å². The van der Waals surface area contributed by atoms with Crippen molar-refractivity contribution in [2.24, 2.45) is 0 Å². The van der Waals surface area contributed by atoms with Gasteiger partial charge in [0.15, 0.2) is 0 Å². The van der Waals surface area contributed by atoms with Crippen molar-refractivity contribution in [2.45, 2.75) is 30.7 Å². The monoisotopic (exact) mass is 444 g/mol. The molecule has 3 rings (SSSR count). The van der Waals surface area contributed by atoms with Gasteiger partial charge in [0.05, 0.1) is 17.9 Å². The molecule has 3 aromatic rings. The predicted molar refractivity (Wildman–Crippen MR) is 121 cm³/mol. The second-order valence-corrected chi connectivity index (χ2v) is 7.92. The van der Waals surface area contributed by atoms with Crippen LogP contribution in [0.25, 0.3) is 0 Å². The van der Waals surface area contributed by atoms with Gasteiger partial charge in [-0.2, -0.15) is 13.2 Å². The number of benzene rings is 3. The van der Waals surface area contributed by atoms with Crippen LogP contribution in [0.3, 0.4) is 0 Å². The van der Waals surface area contributed by atoms with Crippen LogP contribution in [0.15, 0.2) is 65.6 Å². The summed E-state index contributed by atoms with van der Waals surface area (Å²) in [5, 5.41) is 10.9. The summed E-state index contributed by atoms with van der Waals surface area (Å²) in [4.78, 5) is 1.08. The van der Waals surface area contributed by atoms with E-state index in [4.69, 9.17) is 10.1 Å². The maximum absolute atomic E-state index is 12.8. The molecule has 3 aromatic carbocycles. The Morgan fingerprint density at radius 3 is 2.42 bits per heavy atom. The van der Waals surface area contributed by atoms with E-state index in [-0.39, 0.29) is 0 Å². The Bertz CT molecular complexity index is 1050. The number of ether oxygens (including phenoxy) is 1. The SMILES string of the molecule is CCOc1ccc(SCc2cccc(C=N)c2Nc2ccc(C(F)(F)F)cc2)cc1C. The van der Waals surface area contributed by atoms with E-state index in [1.807, 2.05) is 38.1 Å². The molecule has 0 atom stereocenters. The highest BCUT2D eigenvalue weighted by Crippen LogP contribution is 2.34. The Morgan fingerprint density at radius 2 is 1.81 bits per heavy atom. The van der Waals surface area contributed by atoms with Gasteiger partial charge in [0.1, 0.15) is 5.75 Å². The normalized spacial score (nSPS) is 11.3. The molecule has 2 N–H and O–H groups in total. The fraction of sp³-hybridized carbons (Fsp3) is 0.208. The van der Waals surface area contributed by atoms with E-state index in [0.29, 0.717) is 29.3 Å². The zero-order valence-electron chi connectivity index (χ0n) is 17.2. The van der Waals surface area contributed by atoms with Gasteiger partial charge in [-0.05, 0) is 67.4 Å². The molecule has 0 aromatic heterocycles. The van der Waals surface area contributed by atoms with Crippen LogP contribution in [0.4, 0.5) is 24.5 Å². The summed E-state index contributed by atoms with van der Waals surface area (Å²) in [5.41, 5.74) is 3.24. The molecule has 7 heteroatoms. The van der Waals surface area contributed by atoms with Crippen LogP contribution in [-0.4, -0.2) is 12.8 Å². The summed E-state index contributed by atoms with van der Waals surface area (Å²) in [6.45, 7) is 4.56. The topological polar surface area (TPSA) is 45.1 Å². The highest BCUT2D eigenvalue weighted by molar-refractivity contribution is 7.98. The molecular formula is C24H23F3N2OS. The molecular weight excluding hydrogens is 421 g/mol. The minimum absolute atomic E-state index is 0.533. The first-order valence-corrected chi connectivity index (χ1v) is 10.7. The van der Waals surface area contributed by atoms with Crippen molar-refractivity contribution in [3.05, 3.63) is 82.9 Å². The molecule has 0 unspecified atom stereocenters.